The number of hydrogen-bond donors (Lipinski definition) is 1. The minimum atomic E-state index is 0.595. The highest BCUT2D eigenvalue weighted by atomic mass is 14.9. The molecule has 0 radical (unpaired) electrons. The van der Waals surface area contributed by atoms with E-state index >= 15 is 0 Å². The van der Waals surface area contributed by atoms with E-state index in [1.54, 1.807) is 0 Å². The van der Waals surface area contributed by atoms with Gasteiger partial charge in [-0.3, -0.25) is 0 Å². The maximum atomic E-state index is 4.74. The van der Waals surface area contributed by atoms with Gasteiger partial charge in [-0.25, -0.2) is 4.98 Å². The number of nitrogens with one attached hydrogen (secondary N) is 1. The first-order valence-electron chi connectivity index (χ1n) is 6.70. The molecule has 0 atom stereocenters. The Morgan fingerprint density at radius 3 is 2.53 bits per heavy atom. The molecule has 1 aromatic carbocycles. The van der Waals surface area contributed by atoms with E-state index in [9.17, 15) is 0 Å². The molecule has 1 N–H and O–H groups in total. The average molecular weight is 230 g/mol. The van der Waals surface area contributed by atoms with Crippen molar-refractivity contribution in [3.05, 3.63) is 29.6 Å². The Labute approximate surface area is 103 Å². The number of rotatable bonds is 5. The highest BCUT2D eigenvalue weighted by Gasteiger charge is 2.14. The maximum absolute atomic E-state index is 4.74. The molecule has 92 valence electrons. The van der Waals surface area contributed by atoms with Crippen LogP contribution in [0.2, 0.25) is 0 Å². The van der Waals surface area contributed by atoms with Crippen LogP contribution in [0, 0.1) is 6.92 Å². The third-order valence-corrected chi connectivity index (χ3v) is 3.32. The van der Waals surface area contributed by atoms with Gasteiger partial charge in [0.2, 0.25) is 0 Å². The van der Waals surface area contributed by atoms with Crippen LogP contribution in [0.4, 0.5) is 0 Å². The molecule has 2 aromatic rings. The number of aryl methyl sites for hydroxylation is 1. The number of H-pyrrole nitrogens is 1. The Balaban J connectivity index is 2.33. The summed E-state index contributed by atoms with van der Waals surface area (Å²) in [7, 11) is 0. The topological polar surface area (TPSA) is 28.7 Å². The number of aromatic amines is 1. The van der Waals surface area contributed by atoms with Crippen LogP contribution < -0.4 is 0 Å². The molecule has 0 unspecified atom stereocenters. The van der Waals surface area contributed by atoms with Crippen LogP contribution in [0.25, 0.3) is 11.0 Å². The molecular weight excluding hydrogens is 208 g/mol. The Morgan fingerprint density at radius 2 is 1.88 bits per heavy atom. The lowest BCUT2D eigenvalue weighted by Crippen LogP contribution is -2.00. The average Bonchev–Trinajstić information content (AvgIpc) is 2.71. The smallest absolute Gasteiger partial charge is 0.110 e. The first-order chi connectivity index (χ1) is 8.24. The summed E-state index contributed by atoms with van der Waals surface area (Å²) in [5.74, 6) is 1.77. The van der Waals surface area contributed by atoms with Crippen LogP contribution >= 0.6 is 0 Å². The van der Waals surface area contributed by atoms with Gasteiger partial charge in [0.1, 0.15) is 5.82 Å². The standard InChI is InChI=1S/C15H22N2/c1-4-6-12(7-5-2)15-16-13-9-8-11(3)10-14(13)17-15/h8-10,12H,4-7H2,1-3H3,(H,16,17). The van der Waals surface area contributed by atoms with Gasteiger partial charge in [-0.15, -0.1) is 0 Å². The van der Waals surface area contributed by atoms with Crippen molar-refractivity contribution in [1.82, 2.24) is 9.97 Å². The zero-order valence-corrected chi connectivity index (χ0v) is 11.1. The lowest BCUT2D eigenvalue weighted by Gasteiger charge is -2.11. The third kappa shape index (κ3) is 2.68. The zero-order valence-electron chi connectivity index (χ0n) is 11.1. The quantitative estimate of drug-likeness (QED) is 0.801. The van der Waals surface area contributed by atoms with E-state index < -0.39 is 0 Å². The Hall–Kier alpha value is -1.31. The van der Waals surface area contributed by atoms with E-state index in [1.165, 1.54) is 42.6 Å². The number of benzene rings is 1. The first-order valence-corrected chi connectivity index (χ1v) is 6.70. The molecule has 0 aliphatic carbocycles. The van der Waals surface area contributed by atoms with Crippen LogP contribution in [0.5, 0.6) is 0 Å². The Kier molecular flexibility index (Phi) is 3.82. The summed E-state index contributed by atoms with van der Waals surface area (Å²) in [4.78, 5) is 8.23. The molecule has 17 heavy (non-hydrogen) atoms. The predicted octanol–water partition coefficient (Wildman–Crippen LogP) is 4.56. The molecule has 2 nitrogen and oxygen atoms in total. The van der Waals surface area contributed by atoms with E-state index in [1.807, 2.05) is 0 Å². The summed E-state index contributed by atoms with van der Waals surface area (Å²) in [5, 5.41) is 0. The van der Waals surface area contributed by atoms with Crippen LogP contribution in [0.3, 0.4) is 0 Å². The largest absolute Gasteiger partial charge is 0.342 e. The molecule has 0 saturated carbocycles. The summed E-state index contributed by atoms with van der Waals surface area (Å²) in [5.41, 5.74) is 3.57. The lowest BCUT2D eigenvalue weighted by molar-refractivity contribution is 0.539. The highest BCUT2D eigenvalue weighted by molar-refractivity contribution is 5.75. The van der Waals surface area contributed by atoms with Crippen LogP contribution in [-0.4, -0.2) is 9.97 Å². The fourth-order valence-corrected chi connectivity index (χ4v) is 2.45. The van der Waals surface area contributed by atoms with Crippen molar-refractivity contribution in [2.75, 3.05) is 0 Å². The zero-order chi connectivity index (χ0) is 12.3. The second-order valence-corrected chi connectivity index (χ2v) is 4.92. The Bertz CT molecular complexity index is 479. The molecule has 0 fully saturated rings. The van der Waals surface area contributed by atoms with Gasteiger partial charge >= 0.3 is 0 Å². The fraction of sp³-hybridized carbons (Fsp3) is 0.533. The van der Waals surface area contributed by atoms with Gasteiger partial charge in [0.05, 0.1) is 11.0 Å². The van der Waals surface area contributed by atoms with Gasteiger partial charge in [-0.1, -0.05) is 32.8 Å². The summed E-state index contributed by atoms with van der Waals surface area (Å²) >= 11 is 0. The molecule has 0 saturated heterocycles. The van der Waals surface area contributed by atoms with Crippen molar-refractivity contribution in [2.24, 2.45) is 0 Å². The molecule has 0 aliphatic rings. The first kappa shape index (κ1) is 12.2. The van der Waals surface area contributed by atoms with Crippen molar-refractivity contribution < 1.29 is 0 Å². The van der Waals surface area contributed by atoms with Crippen molar-refractivity contribution in [3.8, 4) is 0 Å². The van der Waals surface area contributed by atoms with Gasteiger partial charge in [0, 0.05) is 5.92 Å². The highest BCUT2D eigenvalue weighted by Crippen LogP contribution is 2.26. The third-order valence-electron chi connectivity index (χ3n) is 3.32. The van der Waals surface area contributed by atoms with Gasteiger partial charge in [-0.2, -0.15) is 0 Å². The van der Waals surface area contributed by atoms with E-state index in [-0.39, 0.29) is 0 Å². The summed E-state index contributed by atoms with van der Waals surface area (Å²) in [6, 6.07) is 6.42. The Morgan fingerprint density at radius 1 is 1.18 bits per heavy atom. The van der Waals surface area contributed by atoms with Gasteiger partial charge in [0.25, 0.3) is 0 Å². The van der Waals surface area contributed by atoms with Crippen molar-refractivity contribution in [3.63, 3.8) is 0 Å². The molecule has 0 spiro atoms. The SMILES string of the molecule is CCCC(CCC)c1nc2ccc(C)cc2[nH]1. The number of aromatic nitrogens is 2. The van der Waals surface area contributed by atoms with Crippen LogP contribution in [0.1, 0.15) is 56.8 Å². The summed E-state index contributed by atoms with van der Waals surface area (Å²) in [6.07, 6.45) is 4.90. The van der Waals surface area contributed by atoms with E-state index in [2.05, 4.69) is 44.0 Å². The molecule has 1 aromatic heterocycles. The molecule has 2 rings (SSSR count). The van der Waals surface area contributed by atoms with Gasteiger partial charge in [-0.05, 0) is 37.5 Å². The fourth-order valence-electron chi connectivity index (χ4n) is 2.45. The minimum Gasteiger partial charge on any atom is -0.342 e. The van der Waals surface area contributed by atoms with Crippen LogP contribution in [0.15, 0.2) is 18.2 Å². The van der Waals surface area contributed by atoms with Crippen molar-refractivity contribution in [2.45, 2.75) is 52.4 Å². The van der Waals surface area contributed by atoms with E-state index in [0.29, 0.717) is 5.92 Å². The number of nitrogens with zero attached hydrogens (tertiary/aromatic N) is 1. The predicted molar refractivity (Wildman–Crippen MR) is 73.4 cm³/mol. The number of hydrogen-bond acceptors (Lipinski definition) is 1. The normalized spacial score (nSPS) is 11.5. The van der Waals surface area contributed by atoms with E-state index in [4.69, 9.17) is 4.98 Å². The second-order valence-electron chi connectivity index (χ2n) is 4.92. The molecular formula is C15H22N2. The molecule has 1 heterocycles. The number of imidazole rings is 1. The molecule has 0 bridgehead atoms. The summed E-state index contributed by atoms with van der Waals surface area (Å²) < 4.78 is 0. The number of fused-ring (bicyclic) bond motifs is 1. The van der Waals surface area contributed by atoms with E-state index in [0.717, 1.165) is 5.52 Å². The van der Waals surface area contributed by atoms with Gasteiger partial charge in [0.15, 0.2) is 0 Å². The lowest BCUT2D eigenvalue weighted by atomic mass is 9.98. The van der Waals surface area contributed by atoms with Gasteiger partial charge < -0.3 is 4.98 Å². The van der Waals surface area contributed by atoms with Crippen molar-refractivity contribution in [1.29, 1.82) is 0 Å². The van der Waals surface area contributed by atoms with Crippen LogP contribution in [-0.2, 0) is 0 Å². The molecule has 2 heteroatoms. The maximum Gasteiger partial charge on any atom is 0.110 e. The minimum absolute atomic E-state index is 0.595. The monoisotopic (exact) mass is 230 g/mol. The second kappa shape index (κ2) is 5.35. The summed E-state index contributed by atoms with van der Waals surface area (Å²) in [6.45, 7) is 6.61. The van der Waals surface area contributed by atoms with Crippen molar-refractivity contribution >= 4 is 11.0 Å². The molecule has 0 amide bonds. The molecule has 0 aliphatic heterocycles.